The minimum Gasteiger partial charge on any atom is -0.452 e. The first-order valence-electron chi connectivity index (χ1n) is 9.53. The molecule has 10 nitrogen and oxygen atoms in total. The van der Waals surface area contributed by atoms with Gasteiger partial charge >= 0.3 is 5.97 Å². The van der Waals surface area contributed by atoms with Crippen LogP contribution in [0.1, 0.15) is 26.3 Å². The highest BCUT2D eigenvalue weighted by atomic mass is 32.2. The van der Waals surface area contributed by atoms with Crippen LogP contribution in [0.25, 0.3) is 0 Å². The van der Waals surface area contributed by atoms with Crippen LogP contribution >= 0.6 is 0 Å². The number of nitrogens with one attached hydrogen (secondary N) is 1. The van der Waals surface area contributed by atoms with E-state index in [1.165, 1.54) is 36.4 Å². The Bertz CT molecular complexity index is 1500. The number of sulfone groups is 1. The van der Waals surface area contributed by atoms with Gasteiger partial charge in [-0.05, 0) is 42.5 Å². The summed E-state index contributed by atoms with van der Waals surface area (Å²) in [4.78, 5) is 46.7. The summed E-state index contributed by atoms with van der Waals surface area (Å²) >= 11 is 0. The van der Waals surface area contributed by atoms with Crippen LogP contribution < -0.4 is 5.32 Å². The lowest BCUT2D eigenvalue weighted by atomic mass is 10.0. The van der Waals surface area contributed by atoms with Gasteiger partial charge in [-0.25, -0.2) is 17.6 Å². The van der Waals surface area contributed by atoms with Crippen molar-refractivity contribution in [2.45, 2.75) is 9.79 Å². The van der Waals surface area contributed by atoms with Gasteiger partial charge in [0.1, 0.15) is 11.5 Å². The van der Waals surface area contributed by atoms with Gasteiger partial charge in [-0.15, -0.1) is 0 Å². The summed E-state index contributed by atoms with van der Waals surface area (Å²) in [6.45, 7) is -0.862. The summed E-state index contributed by atoms with van der Waals surface area (Å²) in [6.07, 6.45) is 0. The van der Waals surface area contributed by atoms with Crippen molar-refractivity contribution in [3.63, 3.8) is 0 Å². The number of nitrogens with zero attached hydrogens (tertiary/aromatic N) is 1. The van der Waals surface area contributed by atoms with E-state index in [1.807, 2.05) is 0 Å². The zero-order valence-corrected chi connectivity index (χ0v) is 17.8. The highest BCUT2D eigenvalue weighted by molar-refractivity contribution is 7.91. The second-order valence-corrected chi connectivity index (χ2v) is 8.97. The number of anilines is 1. The van der Waals surface area contributed by atoms with E-state index in [4.69, 9.17) is 4.74 Å². The standard InChI is InChI=1S/C22H13FN2O8S/c23-13-6-8-16(17(10-13)25(29)30)24-20(26)11-33-22(28)12-5-7-15-19(9-12)34(31,32)18-4-2-1-3-14(18)21(15)27/h1-10H,11H2,(H,24,26). The second-order valence-electron chi connectivity index (χ2n) is 7.08. The molecule has 172 valence electrons. The van der Waals surface area contributed by atoms with Gasteiger partial charge in [-0.2, -0.15) is 0 Å². The summed E-state index contributed by atoms with van der Waals surface area (Å²) in [6, 6.07) is 11.6. The van der Waals surface area contributed by atoms with Gasteiger partial charge in [0.25, 0.3) is 11.6 Å². The van der Waals surface area contributed by atoms with Crippen LogP contribution in [-0.2, 0) is 19.4 Å². The molecule has 0 atom stereocenters. The highest BCUT2D eigenvalue weighted by Crippen LogP contribution is 2.34. The third-order valence-corrected chi connectivity index (χ3v) is 6.79. The Kier molecular flexibility index (Phi) is 5.67. The fraction of sp³-hybridized carbons (Fsp3) is 0.0455. The lowest BCUT2D eigenvalue weighted by Gasteiger charge is -2.19. The molecule has 1 N–H and O–H groups in total. The van der Waals surface area contributed by atoms with E-state index in [2.05, 4.69) is 5.32 Å². The van der Waals surface area contributed by atoms with Gasteiger partial charge in [-0.3, -0.25) is 19.7 Å². The molecule has 0 bridgehead atoms. The molecule has 4 rings (SSSR count). The second kappa shape index (κ2) is 8.48. The van der Waals surface area contributed by atoms with Gasteiger partial charge in [0.2, 0.25) is 9.84 Å². The number of fused-ring (bicyclic) bond motifs is 2. The zero-order valence-electron chi connectivity index (χ0n) is 17.0. The first kappa shape index (κ1) is 22.7. The molecule has 34 heavy (non-hydrogen) atoms. The van der Waals surface area contributed by atoms with E-state index in [0.717, 1.165) is 18.2 Å². The number of hydrogen-bond acceptors (Lipinski definition) is 8. The predicted molar refractivity (Wildman–Crippen MR) is 114 cm³/mol. The lowest BCUT2D eigenvalue weighted by molar-refractivity contribution is -0.384. The topological polar surface area (TPSA) is 150 Å². The van der Waals surface area contributed by atoms with E-state index in [0.29, 0.717) is 6.07 Å². The largest absolute Gasteiger partial charge is 0.452 e. The van der Waals surface area contributed by atoms with Crippen LogP contribution in [0, 0.1) is 15.9 Å². The number of benzene rings is 3. The number of amides is 1. The van der Waals surface area contributed by atoms with Crippen molar-refractivity contribution in [2.24, 2.45) is 0 Å². The van der Waals surface area contributed by atoms with Crippen molar-refractivity contribution in [3.8, 4) is 0 Å². The maximum Gasteiger partial charge on any atom is 0.338 e. The third-order valence-electron chi connectivity index (χ3n) is 4.94. The Balaban J connectivity index is 1.51. The maximum atomic E-state index is 13.2. The Morgan fingerprint density at radius 3 is 2.44 bits per heavy atom. The van der Waals surface area contributed by atoms with Crippen molar-refractivity contribution in [3.05, 3.63) is 93.3 Å². The fourth-order valence-electron chi connectivity index (χ4n) is 3.37. The van der Waals surface area contributed by atoms with E-state index in [1.54, 1.807) is 0 Å². The first-order valence-corrected chi connectivity index (χ1v) is 11.0. The van der Waals surface area contributed by atoms with Crippen molar-refractivity contribution < 1.29 is 36.9 Å². The van der Waals surface area contributed by atoms with Gasteiger partial charge in [0, 0.05) is 11.1 Å². The molecule has 0 radical (unpaired) electrons. The summed E-state index contributed by atoms with van der Waals surface area (Å²) in [7, 11) is -4.08. The quantitative estimate of drug-likeness (QED) is 0.258. The molecule has 0 saturated heterocycles. The van der Waals surface area contributed by atoms with E-state index in [9.17, 15) is 37.3 Å². The minimum atomic E-state index is -4.08. The number of carbonyl (C=O) groups excluding carboxylic acids is 3. The smallest absolute Gasteiger partial charge is 0.338 e. The molecule has 1 heterocycles. The molecule has 3 aromatic rings. The Morgan fingerprint density at radius 2 is 1.71 bits per heavy atom. The third kappa shape index (κ3) is 4.01. The molecular weight excluding hydrogens is 471 g/mol. The van der Waals surface area contributed by atoms with Crippen molar-refractivity contribution in [1.29, 1.82) is 0 Å². The molecule has 0 unspecified atom stereocenters. The number of ether oxygens (including phenoxy) is 1. The normalized spacial score (nSPS) is 13.4. The number of hydrogen-bond donors (Lipinski definition) is 1. The summed E-state index contributed by atoms with van der Waals surface area (Å²) in [5, 5.41) is 13.1. The minimum absolute atomic E-state index is 0.0249. The Labute approximate surface area is 191 Å². The number of nitro benzene ring substituents is 1. The molecule has 1 aliphatic heterocycles. The number of carbonyl (C=O) groups is 3. The fourth-order valence-corrected chi connectivity index (χ4v) is 5.05. The summed E-state index contributed by atoms with van der Waals surface area (Å²) in [5.74, 6) is -3.40. The number of rotatable bonds is 5. The molecule has 1 amide bonds. The summed E-state index contributed by atoms with van der Waals surface area (Å²) in [5.41, 5.74) is -1.29. The number of halogens is 1. The van der Waals surface area contributed by atoms with Gasteiger partial charge in [-0.1, -0.05) is 12.1 Å². The monoisotopic (exact) mass is 484 g/mol. The maximum absolute atomic E-state index is 13.2. The molecule has 0 aliphatic carbocycles. The average Bonchev–Trinajstić information content (AvgIpc) is 2.82. The molecule has 1 aliphatic rings. The molecular formula is C22H13FN2O8S. The number of ketones is 1. The van der Waals surface area contributed by atoms with Crippen molar-refractivity contribution in [1.82, 2.24) is 0 Å². The van der Waals surface area contributed by atoms with Crippen molar-refractivity contribution >= 4 is 38.9 Å². The molecule has 0 aromatic heterocycles. The van der Waals surface area contributed by atoms with Crippen LogP contribution in [0.3, 0.4) is 0 Å². The Hall–Kier alpha value is -4.45. The average molecular weight is 484 g/mol. The van der Waals surface area contributed by atoms with Crippen LogP contribution in [0.5, 0.6) is 0 Å². The lowest BCUT2D eigenvalue weighted by Crippen LogP contribution is -2.23. The number of nitro groups is 1. The SMILES string of the molecule is O=C(COC(=O)c1ccc2c(c1)S(=O)(=O)c1ccccc1C2=O)Nc1ccc(F)cc1[N+](=O)[O-]. The molecule has 0 spiro atoms. The van der Waals surface area contributed by atoms with Crippen LogP contribution in [0.15, 0.2) is 70.5 Å². The van der Waals surface area contributed by atoms with Crippen LogP contribution in [-0.4, -0.2) is 37.6 Å². The van der Waals surface area contributed by atoms with Crippen LogP contribution in [0.2, 0.25) is 0 Å². The van der Waals surface area contributed by atoms with Gasteiger partial charge < -0.3 is 10.1 Å². The van der Waals surface area contributed by atoms with E-state index >= 15 is 0 Å². The molecule has 0 saturated carbocycles. The molecule has 3 aromatic carbocycles. The highest BCUT2D eigenvalue weighted by Gasteiger charge is 2.35. The Morgan fingerprint density at radius 1 is 1.00 bits per heavy atom. The van der Waals surface area contributed by atoms with Crippen molar-refractivity contribution in [2.75, 3.05) is 11.9 Å². The van der Waals surface area contributed by atoms with Crippen LogP contribution in [0.4, 0.5) is 15.8 Å². The van der Waals surface area contributed by atoms with Gasteiger partial charge in [0.05, 0.1) is 26.3 Å². The predicted octanol–water partition coefficient (Wildman–Crippen LogP) is 2.91. The first-order chi connectivity index (χ1) is 16.1. The molecule has 12 heteroatoms. The van der Waals surface area contributed by atoms with E-state index in [-0.39, 0.29) is 32.2 Å². The van der Waals surface area contributed by atoms with Gasteiger partial charge in [0.15, 0.2) is 12.4 Å². The van der Waals surface area contributed by atoms with E-state index < -0.39 is 50.5 Å². The summed E-state index contributed by atoms with van der Waals surface area (Å²) < 4.78 is 44.0. The number of esters is 1. The zero-order chi connectivity index (χ0) is 24.6. The molecule has 0 fully saturated rings.